The number of hydrogen-bond donors (Lipinski definition) is 1. The summed E-state index contributed by atoms with van der Waals surface area (Å²) in [6.07, 6.45) is 4.66. The monoisotopic (exact) mass is 487 g/mol. The molecule has 33 heavy (non-hydrogen) atoms. The van der Waals surface area contributed by atoms with E-state index in [4.69, 9.17) is 9.47 Å². The van der Waals surface area contributed by atoms with Crippen molar-refractivity contribution < 1.29 is 17.9 Å². The highest BCUT2D eigenvalue weighted by Crippen LogP contribution is 2.32. The van der Waals surface area contributed by atoms with E-state index in [2.05, 4.69) is 19.7 Å². The fraction of sp³-hybridized carbons (Fsp3) is 0.238. The van der Waals surface area contributed by atoms with Crippen molar-refractivity contribution in [2.24, 2.45) is 0 Å². The number of sulfonamides is 1. The molecule has 1 N–H and O–H groups in total. The minimum atomic E-state index is -3.90. The van der Waals surface area contributed by atoms with Crippen molar-refractivity contribution in [1.82, 2.24) is 19.4 Å². The van der Waals surface area contributed by atoms with Crippen LogP contribution in [0.25, 0.3) is 16.8 Å². The van der Waals surface area contributed by atoms with Crippen molar-refractivity contribution in [2.45, 2.75) is 24.7 Å². The molecule has 0 aliphatic carbocycles. The van der Waals surface area contributed by atoms with E-state index in [0.29, 0.717) is 33.0 Å². The number of thiazole rings is 1. The minimum Gasteiger partial charge on any atom is -0.480 e. The van der Waals surface area contributed by atoms with Crippen molar-refractivity contribution in [1.29, 1.82) is 0 Å². The summed E-state index contributed by atoms with van der Waals surface area (Å²) in [6.45, 7) is 3.53. The van der Waals surface area contributed by atoms with Gasteiger partial charge >= 0.3 is 0 Å². The van der Waals surface area contributed by atoms with Crippen LogP contribution in [0.2, 0.25) is 0 Å². The van der Waals surface area contributed by atoms with Crippen LogP contribution in [0.1, 0.15) is 16.3 Å². The molecular formula is C21H21N5O5S2. The third-order valence-corrected chi connectivity index (χ3v) is 7.85. The lowest BCUT2D eigenvalue weighted by molar-refractivity contribution is 0.183. The van der Waals surface area contributed by atoms with Crippen molar-refractivity contribution in [3.63, 3.8) is 0 Å². The summed E-state index contributed by atoms with van der Waals surface area (Å²) in [5, 5.41) is 0.648. The maximum absolute atomic E-state index is 13.0. The number of nitrogens with one attached hydrogen (secondary N) is 1. The number of pyridine rings is 2. The Hall–Kier alpha value is -3.35. The predicted molar refractivity (Wildman–Crippen MR) is 124 cm³/mol. The summed E-state index contributed by atoms with van der Waals surface area (Å²) < 4.78 is 40.4. The number of aryl methyl sites for hydroxylation is 2. The highest BCUT2D eigenvalue weighted by molar-refractivity contribution is 7.94. The SMILES string of the molecule is COCc1cnc2ccc(-c3cnc(OC)c(NS(=O)(=O)c4sc(C)nc4C)c3)cn2c1=O. The summed E-state index contributed by atoms with van der Waals surface area (Å²) in [6, 6.07) is 5.08. The molecule has 10 nitrogen and oxygen atoms in total. The lowest BCUT2D eigenvalue weighted by Crippen LogP contribution is -2.19. The highest BCUT2D eigenvalue weighted by Gasteiger charge is 2.23. The van der Waals surface area contributed by atoms with Crippen molar-refractivity contribution in [3.8, 4) is 17.0 Å². The summed E-state index contributed by atoms with van der Waals surface area (Å²) >= 11 is 1.08. The van der Waals surface area contributed by atoms with Crippen LogP contribution in [-0.4, -0.2) is 42.0 Å². The van der Waals surface area contributed by atoms with Crippen molar-refractivity contribution in [3.05, 3.63) is 63.4 Å². The van der Waals surface area contributed by atoms with Crippen LogP contribution in [0.15, 0.2) is 45.8 Å². The molecule has 0 unspecified atom stereocenters. The van der Waals surface area contributed by atoms with Gasteiger partial charge in [0.25, 0.3) is 15.6 Å². The summed E-state index contributed by atoms with van der Waals surface area (Å²) in [5.74, 6) is 0.114. The zero-order valence-corrected chi connectivity index (χ0v) is 20.0. The van der Waals surface area contributed by atoms with Crippen LogP contribution in [0.4, 0.5) is 5.69 Å². The van der Waals surface area contributed by atoms with Crippen LogP contribution < -0.4 is 15.0 Å². The van der Waals surface area contributed by atoms with E-state index < -0.39 is 10.0 Å². The fourth-order valence-electron chi connectivity index (χ4n) is 3.34. The Morgan fingerprint density at radius 2 is 1.91 bits per heavy atom. The van der Waals surface area contributed by atoms with Gasteiger partial charge in [0.15, 0.2) is 4.21 Å². The first-order chi connectivity index (χ1) is 15.7. The van der Waals surface area contributed by atoms with Crippen LogP contribution in [0, 0.1) is 13.8 Å². The van der Waals surface area contributed by atoms with E-state index in [9.17, 15) is 13.2 Å². The summed E-state index contributed by atoms with van der Waals surface area (Å²) in [7, 11) is -0.993. The predicted octanol–water partition coefficient (Wildman–Crippen LogP) is 2.79. The van der Waals surface area contributed by atoms with Crippen LogP contribution >= 0.6 is 11.3 Å². The fourth-order valence-corrected chi connectivity index (χ4v) is 5.87. The number of aromatic nitrogens is 4. The first kappa shape index (κ1) is 22.8. The first-order valence-corrected chi connectivity index (χ1v) is 12.0. The highest BCUT2D eigenvalue weighted by atomic mass is 32.2. The minimum absolute atomic E-state index is 0.114. The van der Waals surface area contributed by atoms with Gasteiger partial charge in [0.05, 0.1) is 30.0 Å². The Kier molecular flexibility index (Phi) is 6.15. The number of nitrogens with zero attached hydrogens (tertiary/aromatic N) is 4. The van der Waals surface area contributed by atoms with Gasteiger partial charge in [0.2, 0.25) is 5.88 Å². The molecule has 4 heterocycles. The molecule has 0 fully saturated rings. The largest absolute Gasteiger partial charge is 0.480 e. The molecule has 0 atom stereocenters. The number of rotatable bonds is 7. The normalized spacial score (nSPS) is 11.6. The maximum Gasteiger partial charge on any atom is 0.273 e. The molecule has 4 aromatic heterocycles. The molecule has 0 bridgehead atoms. The maximum atomic E-state index is 13.0. The average Bonchev–Trinajstić information content (AvgIpc) is 3.14. The quantitative estimate of drug-likeness (QED) is 0.422. The molecule has 0 spiro atoms. The Balaban J connectivity index is 1.78. The lowest BCUT2D eigenvalue weighted by atomic mass is 10.1. The van der Waals surface area contributed by atoms with E-state index >= 15 is 0 Å². The Morgan fingerprint density at radius 1 is 1.12 bits per heavy atom. The molecule has 4 rings (SSSR count). The lowest BCUT2D eigenvalue weighted by Gasteiger charge is -2.13. The molecule has 0 aliphatic rings. The summed E-state index contributed by atoms with van der Waals surface area (Å²) in [5.41, 5.74) is 2.45. The van der Waals surface area contributed by atoms with Gasteiger partial charge in [-0.25, -0.2) is 23.4 Å². The second-order valence-electron chi connectivity index (χ2n) is 7.16. The smallest absolute Gasteiger partial charge is 0.273 e. The van der Waals surface area contributed by atoms with Crippen LogP contribution in [-0.2, 0) is 21.4 Å². The zero-order chi connectivity index (χ0) is 23.8. The molecule has 0 aromatic carbocycles. The van der Waals surface area contributed by atoms with Gasteiger partial charge in [-0.1, -0.05) is 0 Å². The van der Waals surface area contributed by atoms with Crippen LogP contribution in [0.5, 0.6) is 5.88 Å². The van der Waals surface area contributed by atoms with Gasteiger partial charge in [-0.05, 0) is 32.0 Å². The zero-order valence-electron chi connectivity index (χ0n) is 18.3. The number of anilines is 1. The third kappa shape index (κ3) is 4.45. The molecular weight excluding hydrogens is 466 g/mol. The van der Waals surface area contributed by atoms with Gasteiger partial charge in [0, 0.05) is 36.8 Å². The number of ether oxygens (including phenoxy) is 2. The van der Waals surface area contributed by atoms with Crippen LogP contribution in [0.3, 0.4) is 0 Å². The first-order valence-electron chi connectivity index (χ1n) is 9.74. The third-order valence-electron chi connectivity index (χ3n) is 4.80. The van der Waals surface area contributed by atoms with Crippen molar-refractivity contribution >= 4 is 32.7 Å². The number of methoxy groups -OCH3 is 2. The molecule has 172 valence electrons. The molecule has 4 aromatic rings. The standard InChI is InChI=1S/C21H21N5O5S2/c1-12-21(32-13(2)24-12)33(28,29)25-17-7-15(8-23-19(17)31-4)14-5-6-18-22-9-16(11-30-3)20(27)26(18)10-14/h5-10,25H,11H2,1-4H3. The average molecular weight is 488 g/mol. The molecule has 12 heteroatoms. The Morgan fingerprint density at radius 3 is 2.58 bits per heavy atom. The van der Waals surface area contributed by atoms with Gasteiger partial charge in [-0.3, -0.25) is 13.9 Å². The van der Waals surface area contributed by atoms with Gasteiger partial charge < -0.3 is 9.47 Å². The van der Waals surface area contributed by atoms with Gasteiger partial charge in [-0.15, -0.1) is 11.3 Å². The number of fused-ring (bicyclic) bond motifs is 1. The Bertz CT molecular complexity index is 1510. The molecule has 0 saturated carbocycles. The second-order valence-corrected chi connectivity index (χ2v) is 10.2. The Labute approximate surface area is 193 Å². The van der Waals surface area contributed by atoms with Crippen molar-refractivity contribution in [2.75, 3.05) is 18.9 Å². The van der Waals surface area contributed by atoms with E-state index in [1.165, 1.54) is 31.0 Å². The molecule has 0 aliphatic heterocycles. The van der Waals surface area contributed by atoms with E-state index in [0.717, 1.165) is 11.3 Å². The summed E-state index contributed by atoms with van der Waals surface area (Å²) in [4.78, 5) is 25.5. The second kappa shape index (κ2) is 8.89. The topological polar surface area (TPSA) is 125 Å². The molecule has 0 saturated heterocycles. The van der Waals surface area contributed by atoms with E-state index in [1.807, 2.05) is 0 Å². The van der Waals surface area contributed by atoms with Gasteiger partial charge in [-0.2, -0.15) is 0 Å². The molecule has 0 radical (unpaired) electrons. The number of hydrogen-bond acceptors (Lipinski definition) is 9. The molecule has 0 amide bonds. The van der Waals surface area contributed by atoms with E-state index in [1.54, 1.807) is 38.2 Å². The van der Waals surface area contributed by atoms with Gasteiger partial charge in [0.1, 0.15) is 11.3 Å². The van der Waals surface area contributed by atoms with E-state index in [-0.39, 0.29) is 27.9 Å².